The van der Waals surface area contributed by atoms with Crippen molar-refractivity contribution in [2.75, 3.05) is 6.26 Å². The second-order valence-corrected chi connectivity index (χ2v) is 11.7. The van der Waals surface area contributed by atoms with Crippen molar-refractivity contribution < 1.29 is 48.0 Å². The van der Waals surface area contributed by atoms with E-state index in [0.717, 1.165) is 18.2 Å². The maximum atomic E-state index is 13.1. The number of carbonyl (C=O) groups excluding carboxylic acids is 1. The lowest BCUT2D eigenvalue weighted by atomic mass is 10.1. The molecule has 0 aliphatic rings. The first-order chi connectivity index (χ1) is 16.9. The predicted molar refractivity (Wildman–Crippen MR) is 119 cm³/mol. The molecule has 37 heavy (non-hydrogen) atoms. The maximum Gasteiger partial charge on any atom is 0.416 e. The van der Waals surface area contributed by atoms with Crippen molar-refractivity contribution >= 4 is 25.6 Å². The molecule has 0 atom stereocenters. The van der Waals surface area contributed by atoms with E-state index in [-0.39, 0.29) is 5.56 Å². The number of carbonyl (C=O) groups is 1. The maximum absolute atomic E-state index is 13.1. The second-order valence-electron chi connectivity index (χ2n) is 7.80. The predicted octanol–water partition coefficient (Wildman–Crippen LogP) is 4.89. The second kappa shape index (κ2) is 9.82. The largest absolute Gasteiger partial charge is 0.416 e. The first-order valence-electron chi connectivity index (χ1n) is 10.1. The SMILES string of the molecule is CS(=O)(=O)c1cc(C(F)(F)F)ccc1C(=O)NCc1ccccc1S(=O)(=O)c1cccc(C(F)(F)F)c1. The number of rotatable bonds is 6. The smallest absolute Gasteiger partial charge is 0.348 e. The van der Waals surface area contributed by atoms with Crippen molar-refractivity contribution in [3.8, 4) is 0 Å². The van der Waals surface area contributed by atoms with E-state index >= 15 is 0 Å². The third kappa shape index (κ3) is 6.31. The average molecular weight is 566 g/mol. The molecule has 3 aromatic rings. The Kier molecular flexibility index (Phi) is 7.48. The molecule has 0 radical (unpaired) electrons. The van der Waals surface area contributed by atoms with Gasteiger partial charge in [0.05, 0.1) is 31.4 Å². The number of nitrogens with one attached hydrogen (secondary N) is 1. The zero-order chi connectivity index (χ0) is 27.8. The Balaban J connectivity index is 1.96. The van der Waals surface area contributed by atoms with Crippen LogP contribution < -0.4 is 5.32 Å². The normalized spacial score (nSPS) is 12.8. The number of amides is 1. The van der Waals surface area contributed by atoms with Gasteiger partial charge in [0.2, 0.25) is 9.84 Å². The van der Waals surface area contributed by atoms with Crippen LogP contribution in [0.25, 0.3) is 0 Å². The molecule has 14 heteroatoms. The summed E-state index contributed by atoms with van der Waals surface area (Å²) in [5.41, 5.74) is -3.13. The summed E-state index contributed by atoms with van der Waals surface area (Å²) in [5, 5.41) is 2.26. The highest BCUT2D eigenvalue weighted by molar-refractivity contribution is 7.91. The van der Waals surface area contributed by atoms with Crippen LogP contribution in [0.1, 0.15) is 27.0 Å². The van der Waals surface area contributed by atoms with Crippen LogP contribution in [0, 0.1) is 0 Å². The summed E-state index contributed by atoms with van der Waals surface area (Å²) >= 11 is 0. The van der Waals surface area contributed by atoms with Gasteiger partial charge in [0, 0.05) is 12.8 Å². The van der Waals surface area contributed by atoms with E-state index in [4.69, 9.17) is 0 Å². The lowest BCUT2D eigenvalue weighted by Gasteiger charge is -2.15. The summed E-state index contributed by atoms with van der Waals surface area (Å²) in [4.78, 5) is 10.7. The van der Waals surface area contributed by atoms with Crippen LogP contribution >= 0.6 is 0 Å². The molecule has 0 heterocycles. The van der Waals surface area contributed by atoms with Crippen LogP contribution in [-0.2, 0) is 38.6 Å². The van der Waals surface area contributed by atoms with Gasteiger partial charge < -0.3 is 5.32 Å². The van der Waals surface area contributed by atoms with Gasteiger partial charge in [-0.3, -0.25) is 4.79 Å². The van der Waals surface area contributed by atoms with E-state index in [1.807, 2.05) is 0 Å². The molecule has 0 aromatic heterocycles. The summed E-state index contributed by atoms with van der Waals surface area (Å²) < 4.78 is 129. The molecule has 0 aliphatic carbocycles. The number of hydrogen-bond donors (Lipinski definition) is 1. The van der Waals surface area contributed by atoms with Crippen molar-refractivity contribution in [3.05, 3.63) is 89.0 Å². The summed E-state index contributed by atoms with van der Waals surface area (Å²) in [5.74, 6) is -1.11. The molecule has 0 spiro atoms. The van der Waals surface area contributed by atoms with E-state index < -0.39 is 75.9 Å². The molecule has 198 valence electrons. The Morgan fingerprint density at radius 1 is 0.757 bits per heavy atom. The van der Waals surface area contributed by atoms with Gasteiger partial charge in [-0.2, -0.15) is 26.3 Å². The van der Waals surface area contributed by atoms with Crippen LogP contribution in [0.2, 0.25) is 0 Å². The van der Waals surface area contributed by atoms with Crippen molar-refractivity contribution in [1.82, 2.24) is 5.32 Å². The first kappa shape index (κ1) is 28.2. The van der Waals surface area contributed by atoms with Gasteiger partial charge in [0.25, 0.3) is 5.91 Å². The molecular weight excluding hydrogens is 548 g/mol. The summed E-state index contributed by atoms with van der Waals surface area (Å²) in [6, 6.07) is 9.67. The Morgan fingerprint density at radius 2 is 1.35 bits per heavy atom. The highest BCUT2D eigenvalue weighted by Gasteiger charge is 2.34. The minimum Gasteiger partial charge on any atom is -0.348 e. The molecule has 1 N–H and O–H groups in total. The number of halogens is 6. The lowest BCUT2D eigenvalue weighted by molar-refractivity contribution is -0.138. The standard InChI is InChI=1S/C23H17F6NO5S2/c1-36(32,33)20-12-16(23(27,28)29)9-10-18(20)21(31)30-13-14-5-2-3-8-19(14)37(34,35)17-7-4-6-15(11-17)22(24,25)26/h2-12H,13H2,1H3,(H,30,31). The van der Waals surface area contributed by atoms with E-state index in [2.05, 4.69) is 5.32 Å². The summed E-state index contributed by atoms with van der Waals surface area (Å²) in [6.07, 6.45) is -9.04. The van der Waals surface area contributed by atoms with Crippen molar-refractivity contribution in [1.29, 1.82) is 0 Å². The average Bonchev–Trinajstić information content (AvgIpc) is 2.80. The van der Waals surface area contributed by atoms with Gasteiger partial charge in [-0.1, -0.05) is 24.3 Å². The Labute approximate surface area is 207 Å². The fourth-order valence-electron chi connectivity index (χ4n) is 3.34. The van der Waals surface area contributed by atoms with E-state index in [0.29, 0.717) is 36.6 Å². The summed E-state index contributed by atoms with van der Waals surface area (Å²) in [7, 11) is -8.77. The third-order valence-electron chi connectivity index (χ3n) is 5.13. The number of hydrogen-bond acceptors (Lipinski definition) is 5. The topological polar surface area (TPSA) is 97.4 Å². The quantitative estimate of drug-likeness (QED) is 0.430. The van der Waals surface area contributed by atoms with Crippen molar-refractivity contribution in [2.24, 2.45) is 0 Å². The van der Waals surface area contributed by atoms with Crippen LogP contribution in [-0.4, -0.2) is 29.0 Å². The van der Waals surface area contributed by atoms with Crippen molar-refractivity contribution in [3.63, 3.8) is 0 Å². The summed E-state index contributed by atoms with van der Waals surface area (Å²) in [6.45, 7) is -0.530. The van der Waals surface area contributed by atoms with Gasteiger partial charge in [0.15, 0.2) is 9.84 Å². The highest BCUT2D eigenvalue weighted by atomic mass is 32.2. The lowest BCUT2D eigenvalue weighted by Crippen LogP contribution is -2.26. The molecular formula is C23H17F6NO5S2. The van der Waals surface area contributed by atoms with E-state index in [1.165, 1.54) is 18.2 Å². The minimum absolute atomic E-state index is 0.0546. The fraction of sp³-hybridized carbons (Fsp3) is 0.174. The van der Waals surface area contributed by atoms with Crippen LogP contribution in [0.3, 0.4) is 0 Å². The molecule has 0 fully saturated rings. The third-order valence-corrected chi connectivity index (χ3v) is 8.11. The van der Waals surface area contributed by atoms with Crippen LogP contribution in [0.15, 0.2) is 81.4 Å². The molecule has 0 saturated heterocycles. The van der Waals surface area contributed by atoms with Gasteiger partial charge in [0.1, 0.15) is 0 Å². The van der Waals surface area contributed by atoms with E-state index in [9.17, 15) is 48.0 Å². The molecule has 0 bridgehead atoms. The molecule has 0 unspecified atom stereocenters. The molecule has 6 nitrogen and oxygen atoms in total. The fourth-order valence-corrected chi connectivity index (χ4v) is 5.78. The van der Waals surface area contributed by atoms with Crippen molar-refractivity contribution in [2.45, 2.75) is 33.6 Å². The first-order valence-corrected chi connectivity index (χ1v) is 13.5. The number of sulfone groups is 2. The Bertz CT molecular complexity index is 1560. The zero-order valence-corrected chi connectivity index (χ0v) is 20.3. The molecule has 0 aliphatic heterocycles. The van der Waals surface area contributed by atoms with Gasteiger partial charge >= 0.3 is 12.4 Å². The van der Waals surface area contributed by atoms with Crippen LogP contribution in [0.4, 0.5) is 26.3 Å². The highest BCUT2D eigenvalue weighted by Crippen LogP contribution is 2.33. The van der Waals surface area contributed by atoms with E-state index in [1.54, 1.807) is 0 Å². The van der Waals surface area contributed by atoms with Gasteiger partial charge in [-0.05, 0) is 48.0 Å². The molecule has 3 rings (SSSR count). The molecule has 0 saturated carbocycles. The minimum atomic E-state index is -4.87. The molecule has 3 aromatic carbocycles. The van der Waals surface area contributed by atoms with Gasteiger partial charge in [-0.15, -0.1) is 0 Å². The van der Waals surface area contributed by atoms with Crippen LogP contribution in [0.5, 0.6) is 0 Å². The number of alkyl halides is 6. The Hall–Kier alpha value is -3.39. The Morgan fingerprint density at radius 3 is 1.95 bits per heavy atom. The zero-order valence-electron chi connectivity index (χ0n) is 18.7. The molecule has 1 amide bonds. The monoisotopic (exact) mass is 565 g/mol. The number of benzene rings is 3. The van der Waals surface area contributed by atoms with Gasteiger partial charge in [-0.25, -0.2) is 16.8 Å².